The van der Waals surface area contributed by atoms with Crippen molar-refractivity contribution >= 4 is 28.1 Å². The van der Waals surface area contributed by atoms with Crippen LogP contribution in [0.15, 0.2) is 34.9 Å². The Morgan fingerprint density at radius 1 is 1.09 bits per heavy atom. The average molecular weight is 547 g/mol. The first-order valence-corrected chi connectivity index (χ1v) is 12.9. The molecule has 0 spiro atoms. The maximum atomic E-state index is 12.8. The first-order chi connectivity index (χ1) is 16.4. The lowest BCUT2D eigenvalue weighted by atomic mass is 9.82. The molecule has 2 aliphatic heterocycles. The first-order valence-electron chi connectivity index (χ1n) is 12.2. The monoisotopic (exact) mass is 546 g/mol. The van der Waals surface area contributed by atoms with E-state index in [0.29, 0.717) is 26.2 Å². The van der Waals surface area contributed by atoms with E-state index in [1.807, 2.05) is 51.1 Å². The van der Waals surface area contributed by atoms with Gasteiger partial charge in [0.2, 0.25) is 0 Å². The fourth-order valence-corrected chi connectivity index (χ4v) is 5.41. The lowest BCUT2D eigenvalue weighted by Gasteiger charge is -2.40. The number of fused-ring (bicyclic) bond motifs is 1. The van der Waals surface area contributed by atoms with E-state index in [4.69, 9.17) is 14.6 Å². The number of aromatic nitrogens is 2. The van der Waals surface area contributed by atoms with Crippen LogP contribution in [-0.2, 0) is 28.0 Å². The van der Waals surface area contributed by atoms with Crippen molar-refractivity contribution in [3.05, 3.63) is 51.8 Å². The second kappa shape index (κ2) is 9.84. The molecule has 1 fully saturated rings. The van der Waals surface area contributed by atoms with Crippen molar-refractivity contribution in [3.8, 4) is 0 Å². The van der Waals surface area contributed by atoms with Crippen molar-refractivity contribution in [2.45, 2.75) is 77.7 Å². The van der Waals surface area contributed by atoms with E-state index < -0.39 is 5.60 Å². The van der Waals surface area contributed by atoms with Gasteiger partial charge in [0.1, 0.15) is 16.8 Å². The molecule has 4 rings (SSSR count). The Labute approximate surface area is 215 Å². The normalized spacial score (nSPS) is 18.2. The molecule has 0 saturated carbocycles. The number of rotatable bonds is 3. The number of piperidine rings is 1. The molecule has 9 heteroatoms. The highest BCUT2D eigenvalue weighted by Gasteiger charge is 2.42. The summed E-state index contributed by atoms with van der Waals surface area (Å²) in [6.45, 7) is 12.4. The summed E-state index contributed by atoms with van der Waals surface area (Å²) in [5.74, 6) is 0. The standard InChI is InChI=1S/C26H35BrN4O4/c1-25(2,3)35-24(33)30-15-20-21(26(4,5)17-30)31(28-22(20)27)19-11-13-29(14-12-19)23(32)34-16-18-9-7-6-8-10-18/h6-10,19H,11-17H2,1-5H3. The van der Waals surface area contributed by atoms with Gasteiger partial charge in [-0.2, -0.15) is 5.10 Å². The van der Waals surface area contributed by atoms with Crippen molar-refractivity contribution < 1.29 is 19.1 Å². The van der Waals surface area contributed by atoms with Crippen LogP contribution in [-0.4, -0.2) is 57.0 Å². The summed E-state index contributed by atoms with van der Waals surface area (Å²) < 4.78 is 14.0. The molecule has 35 heavy (non-hydrogen) atoms. The average Bonchev–Trinajstić information content (AvgIpc) is 3.14. The van der Waals surface area contributed by atoms with E-state index in [1.165, 1.54) is 0 Å². The largest absolute Gasteiger partial charge is 0.445 e. The summed E-state index contributed by atoms with van der Waals surface area (Å²) in [7, 11) is 0. The van der Waals surface area contributed by atoms with Crippen molar-refractivity contribution in [2.75, 3.05) is 19.6 Å². The Morgan fingerprint density at radius 2 is 1.74 bits per heavy atom. The van der Waals surface area contributed by atoms with Crippen molar-refractivity contribution in [1.29, 1.82) is 0 Å². The predicted molar refractivity (Wildman–Crippen MR) is 136 cm³/mol. The van der Waals surface area contributed by atoms with Gasteiger partial charge in [-0.05, 0) is 55.1 Å². The molecule has 2 amide bonds. The lowest BCUT2D eigenvalue weighted by molar-refractivity contribution is 0.0167. The molecule has 0 N–H and O–H groups in total. The third-order valence-electron chi connectivity index (χ3n) is 6.46. The number of likely N-dealkylation sites (tertiary alicyclic amines) is 1. The van der Waals surface area contributed by atoms with Gasteiger partial charge in [0.05, 0.1) is 18.3 Å². The Bertz CT molecular complexity index is 1070. The SMILES string of the molecule is CC(C)(C)OC(=O)N1Cc2c(Br)nn(C3CCN(C(=O)OCc4ccccc4)CC3)c2C(C)(C)C1. The number of carbonyl (C=O) groups excluding carboxylic acids is 2. The molecule has 0 aliphatic carbocycles. The van der Waals surface area contributed by atoms with Crippen LogP contribution in [0, 0.1) is 0 Å². The molecule has 0 atom stereocenters. The topological polar surface area (TPSA) is 76.9 Å². The van der Waals surface area contributed by atoms with Gasteiger partial charge in [0, 0.05) is 30.6 Å². The van der Waals surface area contributed by atoms with Gasteiger partial charge >= 0.3 is 12.2 Å². The highest BCUT2D eigenvalue weighted by molar-refractivity contribution is 9.10. The van der Waals surface area contributed by atoms with Crippen LogP contribution in [0.4, 0.5) is 9.59 Å². The second-order valence-electron chi connectivity index (χ2n) is 11.0. The summed E-state index contributed by atoms with van der Waals surface area (Å²) in [4.78, 5) is 28.9. The van der Waals surface area contributed by atoms with E-state index in [2.05, 4.69) is 34.5 Å². The summed E-state index contributed by atoms with van der Waals surface area (Å²) in [6, 6.07) is 9.89. The number of amides is 2. The van der Waals surface area contributed by atoms with Gasteiger partial charge in [-0.15, -0.1) is 0 Å². The minimum atomic E-state index is -0.543. The maximum Gasteiger partial charge on any atom is 0.410 e. The predicted octanol–water partition coefficient (Wildman–Crippen LogP) is 5.65. The van der Waals surface area contributed by atoms with Gasteiger partial charge in [0.15, 0.2) is 0 Å². The molecular weight excluding hydrogens is 512 g/mol. The number of halogens is 1. The van der Waals surface area contributed by atoms with Crippen LogP contribution in [0.2, 0.25) is 0 Å². The van der Waals surface area contributed by atoms with E-state index in [1.54, 1.807) is 9.80 Å². The third-order valence-corrected chi connectivity index (χ3v) is 7.10. The van der Waals surface area contributed by atoms with Gasteiger partial charge in [-0.1, -0.05) is 44.2 Å². The molecule has 1 saturated heterocycles. The quantitative estimate of drug-likeness (QED) is 0.497. The summed E-state index contributed by atoms with van der Waals surface area (Å²) >= 11 is 3.64. The molecule has 1 aromatic heterocycles. The van der Waals surface area contributed by atoms with Crippen LogP contribution < -0.4 is 0 Å². The number of ether oxygens (including phenoxy) is 2. The lowest BCUT2D eigenvalue weighted by Crippen LogP contribution is -2.48. The molecule has 0 radical (unpaired) electrons. The summed E-state index contributed by atoms with van der Waals surface area (Å²) in [5, 5.41) is 4.85. The van der Waals surface area contributed by atoms with Gasteiger partial charge in [0.25, 0.3) is 0 Å². The zero-order chi connectivity index (χ0) is 25.4. The molecule has 0 bridgehead atoms. The van der Waals surface area contributed by atoms with Crippen LogP contribution in [0.1, 0.15) is 70.3 Å². The Morgan fingerprint density at radius 3 is 2.37 bits per heavy atom. The number of carbonyl (C=O) groups is 2. The third kappa shape index (κ3) is 5.82. The van der Waals surface area contributed by atoms with Crippen LogP contribution in [0.5, 0.6) is 0 Å². The molecule has 3 heterocycles. The molecular formula is C26H35BrN4O4. The van der Waals surface area contributed by atoms with Crippen LogP contribution in [0.25, 0.3) is 0 Å². The van der Waals surface area contributed by atoms with Gasteiger partial charge in [-0.3, -0.25) is 4.68 Å². The van der Waals surface area contributed by atoms with Crippen molar-refractivity contribution in [3.63, 3.8) is 0 Å². The van der Waals surface area contributed by atoms with E-state index in [9.17, 15) is 9.59 Å². The second-order valence-corrected chi connectivity index (χ2v) is 11.8. The van der Waals surface area contributed by atoms with Gasteiger partial charge < -0.3 is 19.3 Å². The molecule has 8 nitrogen and oxygen atoms in total. The molecule has 190 valence electrons. The maximum absolute atomic E-state index is 12.8. The van der Waals surface area contributed by atoms with Crippen molar-refractivity contribution in [2.24, 2.45) is 0 Å². The smallest absolute Gasteiger partial charge is 0.410 e. The van der Waals surface area contributed by atoms with Crippen molar-refractivity contribution in [1.82, 2.24) is 19.6 Å². The minimum absolute atomic E-state index is 0.181. The Kier molecular flexibility index (Phi) is 7.18. The summed E-state index contributed by atoms with van der Waals surface area (Å²) in [6.07, 6.45) is 1.02. The van der Waals surface area contributed by atoms with Gasteiger partial charge in [-0.25, -0.2) is 9.59 Å². The van der Waals surface area contributed by atoms with E-state index >= 15 is 0 Å². The highest BCUT2D eigenvalue weighted by Crippen LogP contribution is 2.40. The van der Waals surface area contributed by atoms with E-state index in [0.717, 1.165) is 34.3 Å². The first kappa shape index (κ1) is 25.5. The Hall–Kier alpha value is -2.55. The fourth-order valence-electron chi connectivity index (χ4n) is 4.92. The molecule has 0 unspecified atom stereocenters. The number of hydrogen-bond donors (Lipinski definition) is 0. The molecule has 2 aliphatic rings. The highest BCUT2D eigenvalue weighted by atomic mass is 79.9. The number of hydrogen-bond acceptors (Lipinski definition) is 5. The molecule has 1 aromatic carbocycles. The van der Waals surface area contributed by atoms with Crippen LogP contribution in [0.3, 0.4) is 0 Å². The number of benzene rings is 1. The minimum Gasteiger partial charge on any atom is -0.445 e. The summed E-state index contributed by atoms with van der Waals surface area (Å²) in [5.41, 5.74) is 2.31. The Balaban J connectivity index is 1.42. The zero-order valence-electron chi connectivity index (χ0n) is 21.2. The number of nitrogens with zero attached hydrogens (tertiary/aromatic N) is 4. The molecule has 2 aromatic rings. The van der Waals surface area contributed by atoms with E-state index in [-0.39, 0.29) is 30.3 Å². The zero-order valence-corrected chi connectivity index (χ0v) is 22.8. The van der Waals surface area contributed by atoms with Crippen LogP contribution >= 0.6 is 15.9 Å². The fraction of sp³-hybridized carbons (Fsp3) is 0.577.